The van der Waals surface area contributed by atoms with Crippen molar-refractivity contribution < 1.29 is 33.5 Å². The molecule has 0 saturated heterocycles. The number of carbonyl (C=O) groups excluding carboxylic acids is 2. The largest absolute Gasteiger partial charge is 0.496 e. The SMILES string of the molecule is CCOC(=O)/C=C(/Oc1ccc(OC)cc1[N+](=O)[O-])C(=O)OCC. The normalized spacial score (nSPS) is 10.7. The minimum absolute atomic E-state index is 0.0348. The van der Waals surface area contributed by atoms with Crippen molar-refractivity contribution in [1.82, 2.24) is 0 Å². The molecule has 0 spiro atoms. The van der Waals surface area contributed by atoms with Gasteiger partial charge < -0.3 is 18.9 Å². The molecule has 0 radical (unpaired) electrons. The van der Waals surface area contributed by atoms with Crippen LogP contribution in [0, 0.1) is 10.1 Å². The molecular weight excluding hydrogens is 322 g/mol. The summed E-state index contributed by atoms with van der Waals surface area (Å²) in [5.74, 6) is -2.32. The molecule has 9 nitrogen and oxygen atoms in total. The molecule has 0 unspecified atom stereocenters. The van der Waals surface area contributed by atoms with Gasteiger partial charge in [0.25, 0.3) is 0 Å². The van der Waals surface area contributed by atoms with Crippen molar-refractivity contribution in [2.45, 2.75) is 13.8 Å². The first-order chi connectivity index (χ1) is 11.4. The second-order valence-corrected chi connectivity index (χ2v) is 4.17. The number of nitrogens with zero attached hydrogens (tertiary/aromatic N) is 1. The summed E-state index contributed by atoms with van der Waals surface area (Å²) < 4.78 is 19.6. The van der Waals surface area contributed by atoms with Gasteiger partial charge in [0.15, 0.2) is 0 Å². The third kappa shape index (κ3) is 5.27. The molecule has 0 aliphatic carbocycles. The van der Waals surface area contributed by atoms with Crippen LogP contribution in [0.15, 0.2) is 30.0 Å². The molecule has 0 saturated carbocycles. The van der Waals surface area contributed by atoms with E-state index in [1.54, 1.807) is 13.8 Å². The minimum Gasteiger partial charge on any atom is -0.496 e. The van der Waals surface area contributed by atoms with Gasteiger partial charge in [0.2, 0.25) is 11.5 Å². The Morgan fingerprint density at radius 1 is 1.21 bits per heavy atom. The Balaban J connectivity index is 3.20. The lowest BCUT2D eigenvalue weighted by Crippen LogP contribution is -2.16. The summed E-state index contributed by atoms with van der Waals surface area (Å²) in [5.41, 5.74) is -0.437. The summed E-state index contributed by atoms with van der Waals surface area (Å²) in [4.78, 5) is 33.8. The minimum atomic E-state index is -0.948. The van der Waals surface area contributed by atoms with E-state index >= 15 is 0 Å². The number of nitro groups is 1. The molecule has 0 aliphatic rings. The van der Waals surface area contributed by atoms with E-state index in [4.69, 9.17) is 18.9 Å². The summed E-state index contributed by atoms with van der Waals surface area (Å²) in [5, 5.41) is 11.1. The Labute approximate surface area is 137 Å². The van der Waals surface area contributed by atoms with Gasteiger partial charge in [-0.1, -0.05) is 0 Å². The lowest BCUT2D eigenvalue weighted by atomic mass is 10.2. The van der Waals surface area contributed by atoms with Gasteiger partial charge >= 0.3 is 17.6 Å². The van der Waals surface area contributed by atoms with E-state index < -0.39 is 28.3 Å². The molecule has 1 aromatic carbocycles. The predicted molar refractivity (Wildman–Crippen MR) is 81.6 cm³/mol. The Bertz CT molecular complexity index is 653. The van der Waals surface area contributed by atoms with E-state index in [1.807, 2.05) is 0 Å². The topological polar surface area (TPSA) is 114 Å². The maximum absolute atomic E-state index is 11.9. The molecule has 0 aromatic heterocycles. The van der Waals surface area contributed by atoms with Gasteiger partial charge in [-0.25, -0.2) is 9.59 Å². The lowest BCUT2D eigenvalue weighted by Gasteiger charge is -2.10. The van der Waals surface area contributed by atoms with Crippen molar-refractivity contribution in [3.63, 3.8) is 0 Å². The highest BCUT2D eigenvalue weighted by atomic mass is 16.6. The smallest absolute Gasteiger partial charge is 0.374 e. The highest BCUT2D eigenvalue weighted by Crippen LogP contribution is 2.32. The van der Waals surface area contributed by atoms with Gasteiger partial charge in [-0.3, -0.25) is 10.1 Å². The highest BCUT2D eigenvalue weighted by Gasteiger charge is 2.22. The fraction of sp³-hybridized carbons (Fsp3) is 0.333. The van der Waals surface area contributed by atoms with Crippen LogP contribution < -0.4 is 9.47 Å². The van der Waals surface area contributed by atoms with E-state index in [0.29, 0.717) is 0 Å². The third-order valence-electron chi connectivity index (χ3n) is 2.59. The van der Waals surface area contributed by atoms with E-state index in [2.05, 4.69) is 0 Å². The molecular formula is C15H17NO8. The van der Waals surface area contributed by atoms with E-state index in [-0.39, 0.29) is 24.7 Å². The summed E-state index contributed by atoms with van der Waals surface area (Å²) >= 11 is 0. The number of ether oxygens (including phenoxy) is 4. The molecule has 0 amide bonds. The highest BCUT2D eigenvalue weighted by molar-refractivity contribution is 5.95. The average Bonchev–Trinajstić information content (AvgIpc) is 2.54. The Morgan fingerprint density at radius 3 is 2.42 bits per heavy atom. The number of nitro benzene ring substituents is 1. The molecule has 0 atom stereocenters. The van der Waals surface area contributed by atoms with Crippen molar-refractivity contribution in [3.8, 4) is 11.5 Å². The van der Waals surface area contributed by atoms with Crippen molar-refractivity contribution >= 4 is 17.6 Å². The van der Waals surface area contributed by atoms with Crippen molar-refractivity contribution in [3.05, 3.63) is 40.1 Å². The first kappa shape index (κ1) is 18.9. The number of carbonyl (C=O) groups is 2. The number of benzene rings is 1. The van der Waals surface area contributed by atoms with Crippen LogP contribution in [0.5, 0.6) is 11.5 Å². The molecule has 0 N–H and O–H groups in total. The van der Waals surface area contributed by atoms with Crippen LogP contribution in [0.25, 0.3) is 0 Å². The number of hydrogen-bond donors (Lipinski definition) is 0. The molecule has 1 aromatic rings. The second-order valence-electron chi connectivity index (χ2n) is 4.17. The molecule has 0 fully saturated rings. The maximum Gasteiger partial charge on any atom is 0.374 e. The molecule has 0 heterocycles. The average molecular weight is 339 g/mol. The molecule has 0 aliphatic heterocycles. The Kier molecular flexibility index (Phi) is 7.21. The molecule has 24 heavy (non-hydrogen) atoms. The Hall–Kier alpha value is -3.10. The van der Waals surface area contributed by atoms with Gasteiger partial charge in [0, 0.05) is 0 Å². The molecule has 0 bridgehead atoms. The molecule has 1 rings (SSSR count). The van der Waals surface area contributed by atoms with Gasteiger partial charge in [-0.2, -0.15) is 0 Å². The van der Waals surface area contributed by atoms with Crippen LogP contribution in [0.4, 0.5) is 5.69 Å². The summed E-state index contributed by atoms with van der Waals surface area (Å²) in [6, 6.07) is 3.78. The second kappa shape index (κ2) is 9.13. The lowest BCUT2D eigenvalue weighted by molar-refractivity contribution is -0.385. The zero-order chi connectivity index (χ0) is 18.1. The summed E-state index contributed by atoms with van der Waals surface area (Å²) in [6.07, 6.45) is 0.773. The van der Waals surface area contributed by atoms with Crippen LogP contribution in [0.2, 0.25) is 0 Å². The molecule has 9 heteroatoms. The molecule has 130 valence electrons. The van der Waals surface area contributed by atoms with Crippen molar-refractivity contribution in [1.29, 1.82) is 0 Å². The van der Waals surface area contributed by atoms with Crippen molar-refractivity contribution in [2.24, 2.45) is 0 Å². The zero-order valence-electron chi connectivity index (χ0n) is 13.4. The number of rotatable bonds is 8. The zero-order valence-corrected chi connectivity index (χ0v) is 13.4. The van der Waals surface area contributed by atoms with Crippen LogP contribution in [0.1, 0.15) is 13.8 Å². The first-order valence-electron chi connectivity index (χ1n) is 6.98. The number of hydrogen-bond acceptors (Lipinski definition) is 8. The van der Waals surface area contributed by atoms with Gasteiger partial charge in [-0.05, 0) is 26.0 Å². The van der Waals surface area contributed by atoms with Crippen LogP contribution in [-0.2, 0) is 19.1 Å². The quantitative estimate of drug-likeness (QED) is 0.232. The van der Waals surface area contributed by atoms with Gasteiger partial charge in [0.1, 0.15) is 5.75 Å². The first-order valence-corrected chi connectivity index (χ1v) is 6.98. The summed E-state index contributed by atoms with van der Waals surface area (Å²) in [7, 11) is 1.35. The fourth-order valence-electron chi connectivity index (χ4n) is 1.59. The van der Waals surface area contributed by atoms with E-state index in [1.165, 1.54) is 19.2 Å². The fourth-order valence-corrected chi connectivity index (χ4v) is 1.59. The monoisotopic (exact) mass is 339 g/mol. The van der Waals surface area contributed by atoms with Gasteiger partial charge in [-0.15, -0.1) is 0 Å². The number of methoxy groups -OCH3 is 1. The van der Waals surface area contributed by atoms with Crippen LogP contribution >= 0.6 is 0 Å². The summed E-state index contributed by atoms with van der Waals surface area (Å²) in [6.45, 7) is 3.28. The Morgan fingerprint density at radius 2 is 1.88 bits per heavy atom. The van der Waals surface area contributed by atoms with Crippen molar-refractivity contribution in [2.75, 3.05) is 20.3 Å². The van der Waals surface area contributed by atoms with Crippen LogP contribution in [-0.4, -0.2) is 37.2 Å². The van der Waals surface area contributed by atoms with E-state index in [9.17, 15) is 19.7 Å². The predicted octanol–water partition coefficient (Wildman–Crippen LogP) is 1.99. The van der Waals surface area contributed by atoms with Gasteiger partial charge in [0.05, 0.1) is 37.4 Å². The number of esters is 2. The maximum atomic E-state index is 11.9. The third-order valence-corrected chi connectivity index (χ3v) is 2.59. The van der Waals surface area contributed by atoms with Crippen LogP contribution in [0.3, 0.4) is 0 Å². The van der Waals surface area contributed by atoms with E-state index in [0.717, 1.165) is 12.1 Å². The standard InChI is InChI=1S/C15H17NO8/c1-4-22-14(17)9-13(15(18)23-5-2)24-12-7-6-10(21-3)8-11(12)16(19)20/h6-9H,4-5H2,1-3H3/b13-9+.